The van der Waals surface area contributed by atoms with Crippen LogP contribution in [0.1, 0.15) is 17.3 Å². The van der Waals surface area contributed by atoms with Crippen molar-refractivity contribution in [2.75, 3.05) is 49.7 Å². The summed E-state index contributed by atoms with van der Waals surface area (Å²) in [6.45, 7) is 3.92. The van der Waals surface area contributed by atoms with Gasteiger partial charge in [0.15, 0.2) is 0 Å². The van der Waals surface area contributed by atoms with E-state index in [9.17, 15) is 14.3 Å². The summed E-state index contributed by atoms with van der Waals surface area (Å²) in [5, 5.41) is 12.2. The highest BCUT2D eigenvalue weighted by Crippen LogP contribution is 2.32. The van der Waals surface area contributed by atoms with E-state index >= 15 is 0 Å². The van der Waals surface area contributed by atoms with Gasteiger partial charge in [-0.2, -0.15) is 0 Å². The number of amides is 1. The molecular weight excluding hydrogens is 435 g/mol. The molecule has 3 aromatic rings. The zero-order valence-electron chi connectivity index (χ0n) is 19.4. The van der Waals surface area contributed by atoms with Crippen LogP contribution < -0.4 is 19.9 Å². The molecule has 1 aliphatic rings. The Kier molecular flexibility index (Phi) is 7.27. The van der Waals surface area contributed by atoms with Gasteiger partial charge in [0, 0.05) is 37.8 Å². The molecule has 0 saturated carbocycles. The summed E-state index contributed by atoms with van der Waals surface area (Å²) in [6, 6.07) is 17.5. The van der Waals surface area contributed by atoms with E-state index < -0.39 is 0 Å². The van der Waals surface area contributed by atoms with Gasteiger partial charge in [0.25, 0.3) is 5.91 Å². The van der Waals surface area contributed by atoms with Crippen molar-refractivity contribution in [2.24, 2.45) is 0 Å². The van der Waals surface area contributed by atoms with E-state index in [2.05, 4.69) is 10.2 Å². The van der Waals surface area contributed by atoms with Crippen LogP contribution in [-0.2, 0) is 0 Å². The van der Waals surface area contributed by atoms with E-state index in [1.807, 2.05) is 35.2 Å². The number of ether oxygens (including phenoxy) is 1. The molecule has 8 heteroatoms. The molecule has 0 aliphatic carbocycles. The van der Waals surface area contributed by atoms with Crippen molar-refractivity contribution in [3.05, 3.63) is 72.0 Å². The van der Waals surface area contributed by atoms with Crippen LogP contribution in [0.5, 0.6) is 5.75 Å². The zero-order chi connectivity index (χ0) is 24.1. The number of halogens is 1. The second-order valence-electron chi connectivity index (χ2n) is 8.25. The predicted octanol–water partition coefficient (Wildman–Crippen LogP) is 3.33. The van der Waals surface area contributed by atoms with Crippen LogP contribution in [0.3, 0.4) is 0 Å². The third-order valence-electron chi connectivity index (χ3n) is 5.93. The number of anilines is 2. The molecule has 2 heterocycles. The molecule has 7 nitrogen and oxygen atoms in total. The Morgan fingerprint density at radius 2 is 1.74 bits per heavy atom. The number of piperazine rings is 1. The first-order valence-corrected chi connectivity index (χ1v) is 11.3. The molecule has 1 saturated heterocycles. The summed E-state index contributed by atoms with van der Waals surface area (Å²) in [5.41, 5.74) is 2.52. The Morgan fingerprint density at radius 3 is 2.44 bits per heavy atom. The summed E-state index contributed by atoms with van der Waals surface area (Å²) in [6.07, 6.45) is 0. The molecule has 0 bridgehead atoms. The third-order valence-corrected chi connectivity index (χ3v) is 5.93. The number of aliphatic hydroxyl groups excluding tert-OH is 1. The van der Waals surface area contributed by atoms with Gasteiger partial charge in [0.05, 0.1) is 30.7 Å². The maximum absolute atomic E-state index is 14.3. The van der Waals surface area contributed by atoms with Gasteiger partial charge in [-0.1, -0.05) is 24.3 Å². The number of benzene rings is 2. The van der Waals surface area contributed by atoms with E-state index in [0.29, 0.717) is 54.7 Å². The minimum atomic E-state index is -0.382. The monoisotopic (exact) mass is 464 g/mol. The first kappa shape index (κ1) is 23.5. The molecule has 34 heavy (non-hydrogen) atoms. The molecular formula is C26H29FN4O3. The molecule has 0 radical (unpaired) electrons. The molecule has 0 spiro atoms. The Hall–Kier alpha value is -3.65. The largest absolute Gasteiger partial charge is 0.496 e. The number of methoxy groups -OCH3 is 1. The van der Waals surface area contributed by atoms with E-state index in [1.165, 1.54) is 6.07 Å². The quantitative estimate of drug-likeness (QED) is 0.559. The lowest BCUT2D eigenvalue weighted by Gasteiger charge is -2.37. The van der Waals surface area contributed by atoms with Gasteiger partial charge >= 0.3 is 0 Å². The number of aromatic nitrogens is 1. The average Bonchev–Trinajstić information content (AvgIpc) is 2.88. The van der Waals surface area contributed by atoms with Crippen molar-refractivity contribution in [3.63, 3.8) is 0 Å². The van der Waals surface area contributed by atoms with Crippen LogP contribution in [0.2, 0.25) is 0 Å². The topological polar surface area (TPSA) is 77.9 Å². The molecule has 2 aromatic carbocycles. The van der Waals surface area contributed by atoms with Crippen molar-refractivity contribution in [2.45, 2.75) is 13.0 Å². The second kappa shape index (κ2) is 10.5. The normalized spacial score (nSPS) is 14.6. The number of para-hydroxylation sites is 2. The maximum atomic E-state index is 14.3. The minimum absolute atomic E-state index is 0.158. The number of hydrogen-bond donors (Lipinski definition) is 2. The highest BCUT2D eigenvalue weighted by molar-refractivity contribution is 5.99. The van der Waals surface area contributed by atoms with Gasteiger partial charge in [0.1, 0.15) is 17.4 Å². The number of hydrogen-bond acceptors (Lipinski definition) is 6. The van der Waals surface area contributed by atoms with Crippen LogP contribution in [0.15, 0.2) is 60.7 Å². The first-order valence-electron chi connectivity index (χ1n) is 11.3. The fourth-order valence-electron chi connectivity index (χ4n) is 4.09. The van der Waals surface area contributed by atoms with Gasteiger partial charge in [0.2, 0.25) is 0 Å². The molecule has 1 aliphatic heterocycles. The molecule has 4 rings (SSSR count). The number of rotatable bonds is 7. The van der Waals surface area contributed by atoms with E-state index in [4.69, 9.17) is 9.72 Å². The van der Waals surface area contributed by atoms with E-state index in [-0.39, 0.29) is 24.4 Å². The molecule has 0 unspecified atom stereocenters. The molecule has 1 fully saturated rings. The average molecular weight is 465 g/mol. The van der Waals surface area contributed by atoms with Gasteiger partial charge < -0.3 is 25.0 Å². The van der Waals surface area contributed by atoms with Gasteiger partial charge in [-0.05, 0) is 43.3 Å². The Morgan fingerprint density at radius 1 is 1.06 bits per heavy atom. The highest BCUT2D eigenvalue weighted by atomic mass is 19.1. The minimum Gasteiger partial charge on any atom is -0.496 e. The van der Waals surface area contributed by atoms with Gasteiger partial charge in [-0.3, -0.25) is 4.79 Å². The fourth-order valence-corrected chi connectivity index (χ4v) is 4.09. The van der Waals surface area contributed by atoms with E-state index in [0.717, 1.165) is 5.56 Å². The summed E-state index contributed by atoms with van der Waals surface area (Å²) < 4.78 is 19.8. The maximum Gasteiger partial charge on any atom is 0.255 e. The van der Waals surface area contributed by atoms with Crippen LogP contribution >= 0.6 is 0 Å². The first-order chi connectivity index (χ1) is 16.5. The lowest BCUT2D eigenvalue weighted by atomic mass is 10.1. The zero-order valence-corrected chi connectivity index (χ0v) is 19.4. The summed E-state index contributed by atoms with van der Waals surface area (Å²) in [4.78, 5) is 21.9. The summed E-state index contributed by atoms with van der Waals surface area (Å²) in [7, 11) is 1.61. The smallest absolute Gasteiger partial charge is 0.255 e. The van der Waals surface area contributed by atoms with Crippen molar-refractivity contribution < 1.29 is 19.0 Å². The molecule has 1 aromatic heterocycles. The molecule has 178 valence electrons. The molecule has 1 atom stereocenters. The number of carbonyl (C=O) groups is 1. The number of nitrogens with one attached hydrogen (secondary N) is 1. The van der Waals surface area contributed by atoms with Crippen molar-refractivity contribution in [1.82, 2.24) is 10.3 Å². The summed E-state index contributed by atoms with van der Waals surface area (Å²) >= 11 is 0. The van der Waals surface area contributed by atoms with E-state index in [1.54, 1.807) is 38.3 Å². The Labute approximate surface area is 198 Å². The third kappa shape index (κ3) is 4.97. The lowest BCUT2D eigenvalue weighted by molar-refractivity contribution is 0.0922. The summed E-state index contributed by atoms with van der Waals surface area (Å²) in [5.74, 6) is 0.702. The number of carbonyl (C=O) groups excluding carboxylic acids is 1. The number of aliphatic hydroxyl groups is 1. The van der Waals surface area contributed by atoms with Crippen LogP contribution in [0.25, 0.3) is 11.3 Å². The predicted molar refractivity (Wildman–Crippen MR) is 131 cm³/mol. The van der Waals surface area contributed by atoms with Crippen molar-refractivity contribution in [3.8, 4) is 17.0 Å². The number of pyridine rings is 1. The van der Waals surface area contributed by atoms with Crippen LogP contribution in [0.4, 0.5) is 15.9 Å². The Balaban J connectivity index is 1.66. The van der Waals surface area contributed by atoms with Crippen molar-refractivity contribution in [1.29, 1.82) is 0 Å². The highest BCUT2D eigenvalue weighted by Gasteiger charge is 2.25. The van der Waals surface area contributed by atoms with Crippen molar-refractivity contribution >= 4 is 17.4 Å². The number of nitrogens with zero attached hydrogens (tertiary/aromatic N) is 3. The fraction of sp³-hybridized carbons (Fsp3) is 0.308. The SMILES string of the molecule is COc1ccccc1-c1ccc(C(=O)N[C@H](C)CO)c(N2CCN(c3ccccc3F)CC2)n1. The molecule has 1 amide bonds. The lowest BCUT2D eigenvalue weighted by Crippen LogP contribution is -2.48. The van der Waals surface area contributed by atoms with Gasteiger partial charge in [-0.15, -0.1) is 0 Å². The van der Waals surface area contributed by atoms with Gasteiger partial charge in [-0.25, -0.2) is 9.37 Å². The van der Waals surface area contributed by atoms with Crippen LogP contribution in [0, 0.1) is 5.82 Å². The molecule has 2 N–H and O–H groups in total. The standard InChI is InChI=1S/C26H29FN4O3/c1-18(17-32)28-26(33)20-11-12-22(19-7-3-6-10-24(19)34-2)29-25(20)31-15-13-30(14-16-31)23-9-5-4-8-21(23)27/h3-12,18,32H,13-17H2,1-2H3,(H,28,33)/t18-/m1/s1. The Bertz CT molecular complexity index is 1150. The van der Waals surface area contributed by atoms with Crippen LogP contribution in [-0.4, -0.2) is 61.9 Å². The second-order valence-corrected chi connectivity index (χ2v) is 8.25.